The topological polar surface area (TPSA) is 61.4 Å². The predicted molar refractivity (Wildman–Crippen MR) is 99.1 cm³/mol. The van der Waals surface area contributed by atoms with Crippen LogP contribution in [0.3, 0.4) is 0 Å². The maximum Gasteiger partial charge on any atom is 0.233 e. The second kappa shape index (κ2) is 8.04. The Kier molecular flexibility index (Phi) is 6.06. The van der Waals surface area contributed by atoms with E-state index >= 15 is 0 Å². The van der Waals surface area contributed by atoms with Gasteiger partial charge in [0.25, 0.3) is 0 Å². The zero-order chi connectivity index (χ0) is 17.7. The fraction of sp³-hybridized carbons (Fsp3) is 0.176. The van der Waals surface area contributed by atoms with Gasteiger partial charge in [0.15, 0.2) is 0 Å². The van der Waals surface area contributed by atoms with Crippen LogP contribution in [0.4, 0.5) is 17.1 Å². The van der Waals surface area contributed by atoms with Crippen LogP contribution < -0.4 is 15.5 Å². The monoisotopic (exact) mass is 365 g/mol. The van der Waals surface area contributed by atoms with E-state index in [4.69, 9.17) is 23.2 Å². The summed E-state index contributed by atoms with van der Waals surface area (Å²) in [7, 11) is 3.86. The molecule has 2 aromatic carbocycles. The van der Waals surface area contributed by atoms with Crippen LogP contribution in [-0.4, -0.2) is 25.9 Å². The van der Waals surface area contributed by atoms with E-state index in [-0.39, 0.29) is 6.42 Å². The van der Waals surface area contributed by atoms with E-state index in [0.717, 1.165) is 5.69 Å². The highest BCUT2D eigenvalue weighted by molar-refractivity contribution is 6.35. The number of nitrogens with zero attached hydrogens (tertiary/aromatic N) is 1. The van der Waals surface area contributed by atoms with Crippen molar-refractivity contribution < 1.29 is 9.59 Å². The molecule has 0 saturated heterocycles. The van der Waals surface area contributed by atoms with Crippen molar-refractivity contribution in [2.75, 3.05) is 29.6 Å². The number of carbonyl (C=O) groups excluding carboxylic acids is 2. The molecule has 0 spiro atoms. The van der Waals surface area contributed by atoms with E-state index in [0.29, 0.717) is 21.4 Å². The maximum absolute atomic E-state index is 11.9. The van der Waals surface area contributed by atoms with Gasteiger partial charge in [-0.15, -0.1) is 0 Å². The molecular weight excluding hydrogens is 349 g/mol. The molecule has 0 atom stereocenters. The molecule has 0 fully saturated rings. The molecule has 0 aliphatic carbocycles. The summed E-state index contributed by atoms with van der Waals surface area (Å²) >= 11 is 11.7. The molecule has 2 N–H and O–H groups in total. The van der Waals surface area contributed by atoms with Crippen LogP contribution in [0.1, 0.15) is 6.42 Å². The van der Waals surface area contributed by atoms with Gasteiger partial charge >= 0.3 is 0 Å². The van der Waals surface area contributed by atoms with Gasteiger partial charge in [0.05, 0.1) is 0 Å². The summed E-state index contributed by atoms with van der Waals surface area (Å²) in [5, 5.41) is 6.08. The molecule has 2 aromatic rings. The fourth-order valence-electron chi connectivity index (χ4n) is 2.03. The molecule has 0 heterocycles. The van der Waals surface area contributed by atoms with Crippen LogP contribution in [0, 0.1) is 0 Å². The van der Waals surface area contributed by atoms with E-state index in [1.807, 2.05) is 31.1 Å². The lowest BCUT2D eigenvalue weighted by atomic mass is 10.2. The van der Waals surface area contributed by atoms with Crippen molar-refractivity contribution in [1.82, 2.24) is 0 Å². The quantitative estimate of drug-likeness (QED) is 0.786. The Morgan fingerprint density at radius 2 is 1.38 bits per heavy atom. The summed E-state index contributed by atoms with van der Waals surface area (Å²) in [6, 6.07) is 12.0. The third-order valence-corrected chi connectivity index (χ3v) is 3.57. The van der Waals surface area contributed by atoms with Gasteiger partial charge in [0.1, 0.15) is 6.42 Å². The first-order valence-electron chi connectivity index (χ1n) is 7.16. The number of benzene rings is 2. The molecule has 7 heteroatoms. The summed E-state index contributed by atoms with van der Waals surface area (Å²) in [4.78, 5) is 25.8. The van der Waals surface area contributed by atoms with Crippen LogP contribution in [0.2, 0.25) is 10.0 Å². The van der Waals surface area contributed by atoms with E-state index in [1.165, 1.54) is 0 Å². The average molecular weight is 366 g/mol. The van der Waals surface area contributed by atoms with E-state index in [1.54, 1.807) is 30.3 Å². The van der Waals surface area contributed by atoms with E-state index < -0.39 is 11.8 Å². The van der Waals surface area contributed by atoms with Crippen molar-refractivity contribution in [3.05, 3.63) is 52.5 Å². The van der Waals surface area contributed by atoms with Gasteiger partial charge in [-0.1, -0.05) is 23.2 Å². The van der Waals surface area contributed by atoms with Gasteiger partial charge in [-0.05, 0) is 42.5 Å². The minimum atomic E-state index is -0.448. The fourth-order valence-corrected chi connectivity index (χ4v) is 2.55. The van der Waals surface area contributed by atoms with E-state index in [2.05, 4.69) is 10.6 Å². The summed E-state index contributed by atoms with van der Waals surface area (Å²) in [5.41, 5.74) is 2.09. The Morgan fingerprint density at radius 1 is 0.875 bits per heavy atom. The van der Waals surface area contributed by atoms with Crippen LogP contribution in [0.5, 0.6) is 0 Å². The SMILES string of the molecule is CN(C)c1ccc(NC(=O)CC(=O)Nc2cc(Cl)cc(Cl)c2)cc1. The largest absolute Gasteiger partial charge is 0.378 e. The first-order valence-corrected chi connectivity index (χ1v) is 7.92. The molecule has 2 rings (SSSR count). The van der Waals surface area contributed by atoms with Crippen molar-refractivity contribution in [2.24, 2.45) is 0 Å². The summed E-state index contributed by atoms with van der Waals surface area (Å²) in [6.07, 6.45) is -0.306. The van der Waals surface area contributed by atoms with Crippen molar-refractivity contribution in [3.8, 4) is 0 Å². The summed E-state index contributed by atoms with van der Waals surface area (Å²) < 4.78 is 0. The lowest BCUT2D eigenvalue weighted by molar-refractivity contribution is -0.123. The molecule has 5 nitrogen and oxygen atoms in total. The van der Waals surface area contributed by atoms with Gasteiger partial charge in [-0.3, -0.25) is 9.59 Å². The zero-order valence-corrected chi connectivity index (χ0v) is 14.8. The highest BCUT2D eigenvalue weighted by Crippen LogP contribution is 2.22. The smallest absolute Gasteiger partial charge is 0.233 e. The molecule has 0 aliphatic rings. The number of hydrogen-bond donors (Lipinski definition) is 2. The van der Waals surface area contributed by atoms with Crippen LogP contribution >= 0.6 is 23.2 Å². The normalized spacial score (nSPS) is 10.2. The Morgan fingerprint density at radius 3 is 1.88 bits per heavy atom. The van der Waals surface area contributed by atoms with Gasteiger partial charge < -0.3 is 15.5 Å². The molecule has 0 aliphatic heterocycles. The van der Waals surface area contributed by atoms with Gasteiger partial charge in [-0.25, -0.2) is 0 Å². The molecule has 0 unspecified atom stereocenters. The third kappa shape index (κ3) is 5.44. The van der Waals surface area contributed by atoms with Crippen molar-refractivity contribution in [2.45, 2.75) is 6.42 Å². The summed E-state index contributed by atoms with van der Waals surface area (Å²) in [6.45, 7) is 0. The Balaban J connectivity index is 1.90. The minimum Gasteiger partial charge on any atom is -0.378 e. The molecule has 2 amide bonds. The lowest BCUT2D eigenvalue weighted by Gasteiger charge is -2.13. The average Bonchev–Trinajstić information content (AvgIpc) is 2.46. The molecule has 0 radical (unpaired) electrons. The van der Waals surface area contributed by atoms with Crippen molar-refractivity contribution in [3.63, 3.8) is 0 Å². The second-order valence-corrected chi connectivity index (χ2v) is 6.25. The maximum atomic E-state index is 11.9. The van der Waals surface area contributed by atoms with Crippen molar-refractivity contribution in [1.29, 1.82) is 0 Å². The Labute approximate surface area is 150 Å². The zero-order valence-electron chi connectivity index (χ0n) is 13.3. The van der Waals surface area contributed by atoms with Crippen LogP contribution in [-0.2, 0) is 9.59 Å². The molecule has 0 bridgehead atoms. The standard InChI is InChI=1S/C17H17Cl2N3O2/c1-22(2)15-5-3-13(4-6-15)20-16(23)10-17(24)21-14-8-11(18)7-12(19)9-14/h3-9H,10H2,1-2H3,(H,20,23)(H,21,24). The predicted octanol–water partition coefficient (Wildman–Crippen LogP) is 4.03. The number of carbonyl (C=O) groups is 2. The van der Waals surface area contributed by atoms with Gasteiger partial charge in [0.2, 0.25) is 11.8 Å². The minimum absolute atomic E-state index is 0.306. The molecule has 126 valence electrons. The molecule has 0 saturated carbocycles. The third-order valence-electron chi connectivity index (χ3n) is 3.13. The number of hydrogen-bond acceptors (Lipinski definition) is 3. The van der Waals surface area contributed by atoms with Crippen LogP contribution in [0.25, 0.3) is 0 Å². The first-order chi connectivity index (χ1) is 11.3. The Hall–Kier alpha value is -2.24. The highest BCUT2D eigenvalue weighted by Gasteiger charge is 2.11. The van der Waals surface area contributed by atoms with Crippen LogP contribution in [0.15, 0.2) is 42.5 Å². The van der Waals surface area contributed by atoms with Crippen molar-refractivity contribution >= 4 is 52.1 Å². The number of amides is 2. The number of anilines is 3. The number of nitrogens with one attached hydrogen (secondary N) is 2. The lowest BCUT2D eigenvalue weighted by Crippen LogP contribution is -2.21. The number of halogens is 2. The molecular formula is C17H17Cl2N3O2. The first kappa shape index (κ1) is 18.1. The summed E-state index contributed by atoms with van der Waals surface area (Å²) in [5.74, 6) is -0.853. The van der Waals surface area contributed by atoms with E-state index in [9.17, 15) is 9.59 Å². The highest BCUT2D eigenvalue weighted by atomic mass is 35.5. The van der Waals surface area contributed by atoms with Gasteiger partial charge in [0, 0.05) is 41.2 Å². The molecule has 0 aromatic heterocycles. The Bertz CT molecular complexity index is 726. The second-order valence-electron chi connectivity index (χ2n) is 5.37. The number of rotatable bonds is 5. The van der Waals surface area contributed by atoms with Gasteiger partial charge in [-0.2, -0.15) is 0 Å². The molecule has 24 heavy (non-hydrogen) atoms.